The Hall–Kier alpha value is -0.780. The van der Waals surface area contributed by atoms with Gasteiger partial charge >= 0.3 is 0 Å². The summed E-state index contributed by atoms with van der Waals surface area (Å²) in [5.41, 5.74) is 0. The van der Waals surface area contributed by atoms with Crippen LogP contribution in [0.3, 0.4) is 0 Å². The number of nitrogens with one attached hydrogen (secondary N) is 1. The van der Waals surface area contributed by atoms with Crippen LogP contribution >= 0.6 is 24.8 Å². The molecule has 1 fully saturated rings. The second-order valence-electron chi connectivity index (χ2n) is 4.19. The van der Waals surface area contributed by atoms with Gasteiger partial charge in [-0.1, -0.05) is 0 Å². The van der Waals surface area contributed by atoms with Crippen LogP contribution < -0.4 is 5.32 Å². The summed E-state index contributed by atoms with van der Waals surface area (Å²) in [6, 6.07) is 0.309. The van der Waals surface area contributed by atoms with E-state index in [9.17, 15) is 4.79 Å². The van der Waals surface area contributed by atoms with E-state index in [0.717, 1.165) is 26.2 Å². The summed E-state index contributed by atoms with van der Waals surface area (Å²) in [6.07, 6.45) is 5.92. The first-order valence-electron chi connectivity index (χ1n) is 5.73. The Labute approximate surface area is 120 Å². The van der Waals surface area contributed by atoms with Crippen molar-refractivity contribution < 1.29 is 4.79 Å². The molecule has 0 aromatic carbocycles. The van der Waals surface area contributed by atoms with Gasteiger partial charge < -0.3 is 14.8 Å². The predicted molar refractivity (Wildman–Crippen MR) is 75.4 cm³/mol. The van der Waals surface area contributed by atoms with Crippen LogP contribution in [0.2, 0.25) is 0 Å². The van der Waals surface area contributed by atoms with Crippen molar-refractivity contribution in [3.63, 3.8) is 0 Å². The van der Waals surface area contributed by atoms with Gasteiger partial charge in [0.25, 0.3) is 0 Å². The number of hydrogen-bond donors (Lipinski definition) is 1. The zero-order valence-corrected chi connectivity index (χ0v) is 12.0. The minimum atomic E-state index is 0. The third-order valence-corrected chi connectivity index (χ3v) is 2.96. The summed E-state index contributed by atoms with van der Waals surface area (Å²) in [7, 11) is 0. The van der Waals surface area contributed by atoms with Crippen LogP contribution in [-0.2, 0) is 11.3 Å². The van der Waals surface area contributed by atoms with E-state index in [1.807, 2.05) is 15.7 Å². The van der Waals surface area contributed by atoms with Gasteiger partial charge in [-0.3, -0.25) is 4.79 Å². The van der Waals surface area contributed by atoms with E-state index in [4.69, 9.17) is 0 Å². The lowest BCUT2D eigenvalue weighted by molar-refractivity contribution is -0.134. The van der Waals surface area contributed by atoms with Crippen LogP contribution in [0.15, 0.2) is 18.7 Å². The van der Waals surface area contributed by atoms with Gasteiger partial charge in [-0.05, 0) is 6.92 Å². The lowest BCUT2D eigenvalue weighted by atomic mass is 10.2. The molecule has 1 amide bonds. The van der Waals surface area contributed by atoms with Gasteiger partial charge in [0.05, 0.1) is 6.33 Å². The predicted octanol–water partition coefficient (Wildman–Crippen LogP) is 0.937. The summed E-state index contributed by atoms with van der Waals surface area (Å²) < 4.78 is 1.94. The summed E-state index contributed by atoms with van der Waals surface area (Å²) in [4.78, 5) is 17.9. The lowest BCUT2D eigenvalue weighted by Gasteiger charge is -2.34. The van der Waals surface area contributed by atoms with E-state index in [2.05, 4.69) is 17.2 Å². The number of imidazole rings is 1. The number of piperazine rings is 1. The first kappa shape index (κ1) is 17.2. The minimum absolute atomic E-state index is 0. The summed E-state index contributed by atoms with van der Waals surface area (Å²) in [5, 5.41) is 3.28. The second kappa shape index (κ2) is 8.34. The van der Waals surface area contributed by atoms with Crippen molar-refractivity contribution in [1.29, 1.82) is 0 Å². The number of hydrogen-bond acceptors (Lipinski definition) is 3. The molecule has 0 saturated carbocycles. The van der Waals surface area contributed by atoms with Gasteiger partial charge in [0.15, 0.2) is 0 Å². The largest absolute Gasteiger partial charge is 0.337 e. The van der Waals surface area contributed by atoms with E-state index in [1.165, 1.54) is 0 Å². The molecule has 1 aromatic heterocycles. The topological polar surface area (TPSA) is 50.2 Å². The monoisotopic (exact) mass is 294 g/mol. The Morgan fingerprint density at radius 3 is 2.89 bits per heavy atom. The normalized spacial score (nSPS) is 18.7. The molecule has 7 heteroatoms. The van der Waals surface area contributed by atoms with Crippen LogP contribution in [0.25, 0.3) is 0 Å². The van der Waals surface area contributed by atoms with Gasteiger partial charge in [-0.2, -0.15) is 0 Å². The van der Waals surface area contributed by atoms with Crippen molar-refractivity contribution in [3.8, 4) is 0 Å². The van der Waals surface area contributed by atoms with Crippen LogP contribution in [-0.4, -0.2) is 46.0 Å². The van der Waals surface area contributed by atoms with E-state index < -0.39 is 0 Å². The quantitative estimate of drug-likeness (QED) is 0.903. The van der Waals surface area contributed by atoms with Crippen LogP contribution in [0.4, 0.5) is 0 Å². The van der Waals surface area contributed by atoms with Crippen LogP contribution in [0.5, 0.6) is 0 Å². The van der Waals surface area contributed by atoms with E-state index in [1.54, 1.807) is 12.5 Å². The van der Waals surface area contributed by atoms with Gasteiger partial charge in [0.1, 0.15) is 0 Å². The molecule has 0 bridgehead atoms. The Bertz CT molecular complexity index is 345. The highest BCUT2D eigenvalue weighted by Gasteiger charge is 2.22. The maximum atomic E-state index is 12.0. The first-order chi connectivity index (χ1) is 7.77. The molecule has 18 heavy (non-hydrogen) atoms. The Balaban J connectivity index is 0.00000144. The fraction of sp³-hybridized carbons (Fsp3) is 0.636. The van der Waals surface area contributed by atoms with Crippen molar-refractivity contribution in [3.05, 3.63) is 18.7 Å². The molecule has 1 N–H and O–H groups in total. The molecule has 2 heterocycles. The molecule has 104 valence electrons. The highest BCUT2D eigenvalue weighted by atomic mass is 35.5. The van der Waals surface area contributed by atoms with Crippen LogP contribution in [0.1, 0.15) is 13.3 Å². The van der Waals surface area contributed by atoms with E-state index in [-0.39, 0.29) is 30.7 Å². The average Bonchev–Trinajstić information content (AvgIpc) is 2.79. The Morgan fingerprint density at radius 1 is 1.50 bits per heavy atom. The van der Waals surface area contributed by atoms with E-state index in [0.29, 0.717) is 12.5 Å². The second-order valence-corrected chi connectivity index (χ2v) is 4.19. The van der Waals surface area contributed by atoms with Crippen molar-refractivity contribution >= 4 is 30.7 Å². The number of rotatable bonds is 3. The number of aryl methyl sites for hydroxylation is 1. The highest BCUT2D eigenvalue weighted by molar-refractivity contribution is 5.85. The minimum Gasteiger partial charge on any atom is -0.337 e. The molecule has 1 atom stereocenters. The fourth-order valence-electron chi connectivity index (χ4n) is 2.00. The third kappa shape index (κ3) is 4.48. The number of carbonyl (C=O) groups is 1. The number of carbonyl (C=O) groups excluding carboxylic acids is 1. The zero-order chi connectivity index (χ0) is 11.4. The molecule has 0 aliphatic carbocycles. The molecule has 5 nitrogen and oxygen atoms in total. The first-order valence-corrected chi connectivity index (χ1v) is 5.73. The molecule has 0 spiro atoms. The molecule has 0 radical (unpaired) electrons. The molecule has 0 unspecified atom stereocenters. The molecule has 1 aliphatic heterocycles. The molecule has 1 saturated heterocycles. The van der Waals surface area contributed by atoms with Gasteiger partial charge in [-0.25, -0.2) is 4.98 Å². The average molecular weight is 295 g/mol. The molecule has 1 aliphatic rings. The van der Waals surface area contributed by atoms with Crippen molar-refractivity contribution in [2.75, 3.05) is 19.6 Å². The SMILES string of the molecule is C[C@@H]1CNCCN1C(=O)CCn1ccnc1.Cl.Cl. The van der Waals surface area contributed by atoms with Crippen LogP contribution in [0, 0.1) is 0 Å². The number of aromatic nitrogens is 2. The lowest BCUT2D eigenvalue weighted by Crippen LogP contribution is -2.52. The molecule has 2 rings (SSSR count). The number of halogens is 2. The number of amides is 1. The van der Waals surface area contributed by atoms with E-state index >= 15 is 0 Å². The van der Waals surface area contributed by atoms with Crippen molar-refractivity contribution in [2.24, 2.45) is 0 Å². The maximum absolute atomic E-state index is 12.0. The Morgan fingerprint density at radius 2 is 2.28 bits per heavy atom. The van der Waals surface area contributed by atoms with Gasteiger partial charge in [0, 0.05) is 51.0 Å². The standard InChI is InChI=1S/C11H18N4O.2ClH/c1-10-8-12-4-7-15(10)11(16)2-5-14-6-3-13-9-14;;/h3,6,9-10,12H,2,4-5,7-8H2,1H3;2*1H/t10-;;/m1../s1. The molecular formula is C11H20Cl2N4O. The summed E-state index contributed by atoms with van der Waals surface area (Å²) in [5.74, 6) is 0.239. The maximum Gasteiger partial charge on any atom is 0.224 e. The van der Waals surface area contributed by atoms with Gasteiger partial charge in [-0.15, -0.1) is 24.8 Å². The van der Waals surface area contributed by atoms with Crippen molar-refractivity contribution in [2.45, 2.75) is 25.9 Å². The Kier molecular flexibility index (Phi) is 7.98. The smallest absolute Gasteiger partial charge is 0.224 e. The summed E-state index contributed by atoms with van der Waals surface area (Å²) >= 11 is 0. The fourth-order valence-corrected chi connectivity index (χ4v) is 2.00. The third-order valence-electron chi connectivity index (χ3n) is 2.96. The molecule has 1 aromatic rings. The highest BCUT2D eigenvalue weighted by Crippen LogP contribution is 2.05. The van der Waals surface area contributed by atoms with Gasteiger partial charge in [0.2, 0.25) is 5.91 Å². The summed E-state index contributed by atoms with van der Waals surface area (Å²) in [6.45, 7) is 5.43. The zero-order valence-electron chi connectivity index (χ0n) is 10.4. The van der Waals surface area contributed by atoms with Crippen molar-refractivity contribution in [1.82, 2.24) is 19.8 Å². The molecular weight excluding hydrogens is 275 g/mol. The number of nitrogens with zero attached hydrogens (tertiary/aromatic N) is 3.